The molecule has 0 atom stereocenters. The van der Waals surface area contributed by atoms with E-state index in [0.717, 1.165) is 11.3 Å². The van der Waals surface area contributed by atoms with Crippen molar-refractivity contribution in [1.82, 2.24) is 9.78 Å². The lowest BCUT2D eigenvalue weighted by Crippen LogP contribution is -2.27. The van der Waals surface area contributed by atoms with E-state index in [1.165, 1.54) is 16.8 Å². The number of hydrogen-bond donors (Lipinski definition) is 1. The highest BCUT2D eigenvalue weighted by Gasteiger charge is 2.08. The van der Waals surface area contributed by atoms with Gasteiger partial charge in [0.25, 0.3) is 11.1 Å². The summed E-state index contributed by atoms with van der Waals surface area (Å²) in [6.45, 7) is 4.09. The number of hydrogen-bond acceptors (Lipinski definition) is 2. The number of aromatic amines is 1. The molecule has 0 aliphatic carbocycles. The summed E-state index contributed by atoms with van der Waals surface area (Å²) in [5, 5.41) is 2.54. The van der Waals surface area contributed by atoms with Crippen LogP contribution in [0.25, 0.3) is 5.69 Å². The molecule has 1 N–H and O–H groups in total. The lowest BCUT2D eigenvalue weighted by atomic mass is 10.0. The minimum atomic E-state index is -0.289. The number of nitrogens with one attached hydrogen (secondary N) is 1. The summed E-state index contributed by atoms with van der Waals surface area (Å²) in [6, 6.07) is 10.1. The number of para-hydroxylation sites is 1. The Morgan fingerprint density at radius 2 is 1.76 bits per heavy atom. The van der Waals surface area contributed by atoms with Gasteiger partial charge in [0, 0.05) is 12.1 Å². The van der Waals surface area contributed by atoms with Crippen LogP contribution in [0.1, 0.15) is 25.3 Å². The Morgan fingerprint density at radius 1 is 1.06 bits per heavy atom. The molecule has 0 radical (unpaired) electrons. The van der Waals surface area contributed by atoms with E-state index in [2.05, 4.69) is 5.10 Å². The predicted octanol–water partition coefficient (Wildman–Crippen LogP) is 1.65. The Bertz CT molecular complexity index is 638. The second-order valence-corrected chi connectivity index (χ2v) is 4.20. The molecule has 0 saturated heterocycles. The van der Waals surface area contributed by atoms with Crippen LogP contribution in [-0.2, 0) is 0 Å². The molecule has 4 heteroatoms. The highest BCUT2D eigenvalue weighted by molar-refractivity contribution is 5.41. The standard InChI is InChI=1S/C13H14N2O2/c1-9(2)10-5-3-4-6-11(10)15-13(17)8-7-12(16)14-15/h3-9H,1-2H3,(H,14,16). The van der Waals surface area contributed by atoms with Gasteiger partial charge in [0.15, 0.2) is 0 Å². The topological polar surface area (TPSA) is 54.9 Å². The van der Waals surface area contributed by atoms with Gasteiger partial charge in [0.05, 0.1) is 5.69 Å². The summed E-state index contributed by atoms with van der Waals surface area (Å²) in [7, 11) is 0. The fraction of sp³-hybridized carbons (Fsp3) is 0.231. The van der Waals surface area contributed by atoms with Crippen LogP contribution in [0.2, 0.25) is 0 Å². The molecule has 1 aromatic heterocycles. The zero-order valence-electron chi connectivity index (χ0n) is 9.81. The summed E-state index contributed by atoms with van der Waals surface area (Å²) in [4.78, 5) is 23.0. The molecule has 1 heterocycles. The van der Waals surface area contributed by atoms with Gasteiger partial charge in [0.1, 0.15) is 0 Å². The number of H-pyrrole nitrogens is 1. The van der Waals surface area contributed by atoms with Crippen molar-refractivity contribution in [1.29, 1.82) is 0 Å². The maximum absolute atomic E-state index is 11.7. The first kappa shape index (κ1) is 11.4. The van der Waals surface area contributed by atoms with Crippen molar-refractivity contribution in [2.75, 3.05) is 0 Å². The molecule has 0 saturated carbocycles. The van der Waals surface area contributed by atoms with Gasteiger partial charge >= 0.3 is 0 Å². The first-order chi connectivity index (χ1) is 8.09. The molecule has 2 aromatic rings. The Labute approximate surface area is 98.5 Å². The van der Waals surface area contributed by atoms with Gasteiger partial charge in [-0.1, -0.05) is 32.0 Å². The SMILES string of the molecule is CC(C)c1ccccc1-n1[nH]c(=O)ccc1=O. The van der Waals surface area contributed by atoms with Crippen molar-refractivity contribution < 1.29 is 0 Å². The number of aromatic nitrogens is 2. The van der Waals surface area contributed by atoms with Gasteiger partial charge in [-0.25, -0.2) is 4.68 Å². The third-order valence-electron chi connectivity index (χ3n) is 2.62. The second-order valence-electron chi connectivity index (χ2n) is 4.20. The van der Waals surface area contributed by atoms with Crippen LogP contribution in [0.5, 0.6) is 0 Å². The van der Waals surface area contributed by atoms with Crippen LogP contribution in [0.3, 0.4) is 0 Å². The van der Waals surface area contributed by atoms with Gasteiger partial charge in [-0.3, -0.25) is 14.7 Å². The molecule has 0 aliphatic heterocycles. The Morgan fingerprint density at radius 3 is 2.47 bits per heavy atom. The molecule has 2 rings (SSSR count). The highest BCUT2D eigenvalue weighted by atomic mass is 16.1. The van der Waals surface area contributed by atoms with Crippen molar-refractivity contribution in [2.24, 2.45) is 0 Å². The average molecular weight is 230 g/mol. The maximum atomic E-state index is 11.7. The van der Waals surface area contributed by atoms with Crippen molar-refractivity contribution in [2.45, 2.75) is 19.8 Å². The van der Waals surface area contributed by atoms with Gasteiger partial charge in [-0.2, -0.15) is 0 Å². The lowest BCUT2D eigenvalue weighted by molar-refractivity contribution is 0.755. The smallest absolute Gasteiger partial charge is 0.268 e. The first-order valence-electron chi connectivity index (χ1n) is 5.51. The predicted molar refractivity (Wildman–Crippen MR) is 66.7 cm³/mol. The molecule has 0 bridgehead atoms. The molecule has 4 nitrogen and oxygen atoms in total. The van der Waals surface area contributed by atoms with Crippen LogP contribution in [0.15, 0.2) is 46.0 Å². The fourth-order valence-corrected chi connectivity index (χ4v) is 1.78. The average Bonchev–Trinajstić information content (AvgIpc) is 2.32. The van der Waals surface area contributed by atoms with Gasteiger partial charge in [0.2, 0.25) is 0 Å². The van der Waals surface area contributed by atoms with Crippen LogP contribution >= 0.6 is 0 Å². The number of rotatable bonds is 2. The van der Waals surface area contributed by atoms with E-state index in [0.29, 0.717) is 0 Å². The van der Waals surface area contributed by atoms with Gasteiger partial charge in [-0.15, -0.1) is 0 Å². The van der Waals surface area contributed by atoms with Crippen molar-refractivity contribution in [3.05, 3.63) is 62.7 Å². The minimum Gasteiger partial charge on any atom is -0.268 e. The normalized spacial score (nSPS) is 10.8. The zero-order chi connectivity index (χ0) is 12.4. The summed E-state index contributed by atoms with van der Waals surface area (Å²) in [5.41, 5.74) is 1.22. The summed E-state index contributed by atoms with van der Waals surface area (Å²) >= 11 is 0. The van der Waals surface area contributed by atoms with E-state index >= 15 is 0 Å². The van der Waals surface area contributed by atoms with E-state index in [-0.39, 0.29) is 17.0 Å². The second kappa shape index (κ2) is 4.41. The van der Waals surface area contributed by atoms with Gasteiger partial charge < -0.3 is 0 Å². The Balaban J connectivity index is 2.72. The number of nitrogens with zero attached hydrogens (tertiary/aromatic N) is 1. The van der Waals surface area contributed by atoms with E-state index < -0.39 is 0 Å². The molecule has 0 aliphatic rings. The molecule has 1 aromatic carbocycles. The first-order valence-corrected chi connectivity index (χ1v) is 5.51. The van der Waals surface area contributed by atoms with Crippen LogP contribution in [-0.4, -0.2) is 9.78 Å². The number of benzene rings is 1. The molecular weight excluding hydrogens is 216 g/mol. The van der Waals surface area contributed by atoms with E-state index in [9.17, 15) is 9.59 Å². The molecule has 88 valence electrons. The molecule has 0 spiro atoms. The summed E-state index contributed by atoms with van der Waals surface area (Å²) < 4.78 is 1.29. The fourth-order valence-electron chi connectivity index (χ4n) is 1.78. The largest absolute Gasteiger partial charge is 0.269 e. The molecule has 0 amide bonds. The van der Waals surface area contributed by atoms with Gasteiger partial charge in [-0.05, 0) is 17.5 Å². The van der Waals surface area contributed by atoms with Crippen molar-refractivity contribution >= 4 is 0 Å². The molecule has 0 unspecified atom stereocenters. The molecule has 0 fully saturated rings. The highest BCUT2D eigenvalue weighted by Crippen LogP contribution is 2.20. The van der Waals surface area contributed by atoms with Crippen molar-refractivity contribution in [3.8, 4) is 5.69 Å². The third-order valence-corrected chi connectivity index (χ3v) is 2.62. The Hall–Kier alpha value is -2.10. The monoisotopic (exact) mass is 230 g/mol. The molecule has 17 heavy (non-hydrogen) atoms. The van der Waals surface area contributed by atoms with Crippen LogP contribution in [0, 0.1) is 0 Å². The van der Waals surface area contributed by atoms with Crippen LogP contribution < -0.4 is 11.1 Å². The summed E-state index contributed by atoms with van der Waals surface area (Å²) in [6.07, 6.45) is 0. The van der Waals surface area contributed by atoms with E-state index in [4.69, 9.17) is 0 Å². The van der Waals surface area contributed by atoms with Crippen LogP contribution in [0.4, 0.5) is 0 Å². The Kier molecular flexibility index (Phi) is 2.95. The lowest BCUT2D eigenvalue weighted by Gasteiger charge is -2.13. The quantitative estimate of drug-likeness (QED) is 0.852. The maximum Gasteiger partial charge on any atom is 0.269 e. The third kappa shape index (κ3) is 2.20. The summed E-state index contributed by atoms with van der Waals surface area (Å²) in [5.74, 6) is 0.279. The molecular formula is C13H14N2O2. The minimum absolute atomic E-state index is 0.238. The van der Waals surface area contributed by atoms with E-state index in [1.54, 1.807) is 0 Å². The van der Waals surface area contributed by atoms with Crippen molar-refractivity contribution in [3.63, 3.8) is 0 Å². The van der Waals surface area contributed by atoms with E-state index in [1.807, 2.05) is 38.1 Å². The zero-order valence-corrected chi connectivity index (χ0v) is 9.81.